The quantitative estimate of drug-likeness (QED) is 0.669. The van der Waals surface area contributed by atoms with Crippen LogP contribution in [0.3, 0.4) is 0 Å². The molecule has 0 aliphatic carbocycles. The predicted molar refractivity (Wildman–Crippen MR) is 87.8 cm³/mol. The number of fused-ring (bicyclic) bond motifs is 1. The molecule has 0 saturated carbocycles. The van der Waals surface area contributed by atoms with E-state index in [1.54, 1.807) is 32.9 Å². The van der Waals surface area contributed by atoms with E-state index in [0.717, 1.165) is 10.8 Å². The summed E-state index contributed by atoms with van der Waals surface area (Å²) in [4.78, 5) is 23.9. The Labute approximate surface area is 135 Å². The van der Waals surface area contributed by atoms with Gasteiger partial charge in [-0.15, -0.1) is 0 Å². The number of esters is 1. The third kappa shape index (κ3) is 3.87. The molecule has 0 fully saturated rings. The lowest BCUT2D eigenvalue weighted by Crippen LogP contribution is -2.39. The summed E-state index contributed by atoms with van der Waals surface area (Å²) in [7, 11) is 0. The third-order valence-corrected chi connectivity index (χ3v) is 3.47. The van der Waals surface area contributed by atoms with Gasteiger partial charge in [-0.25, -0.2) is 0 Å². The average Bonchev–Trinajstić information content (AvgIpc) is 2.44. The molecule has 5 nitrogen and oxygen atoms in total. The van der Waals surface area contributed by atoms with Crippen LogP contribution < -0.4 is 5.73 Å². The highest BCUT2D eigenvalue weighted by Crippen LogP contribution is 2.29. The molecule has 0 bridgehead atoms. The van der Waals surface area contributed by atoms with Gasteiger partial charge in [0.2, 0.25) is 0 Å². The molecule has 2 aromatic rings. The number of nitrogens with two attached hydrogens (primary N) is 1. The van der Waals surface area contributed by atoms with Crippen LogP contribution in [0, 0.1) is 5.92 Å². The largest absolute Gasteiger partial charge is 0.481 e. The van der Waals surface area contributed by atoms with Crippen LogP contribution >= 0.6 is 0 Å². The summed E-state index contributed by atoms with van der Waals surface area (Å²) in [6.07, 6.45) is 0. The van der Waals surface area contributed by atoms with Gasteiger partial charge < -0.3 is 15.6 Å². The molecule has 0 heterocycles. The number of carbonyl (C=O) groups is 2. The van der Waals surface area contributed by atoms with E-state index in [9.17, 15) is 14.7 Å². The van der Waals surface area contributed by atoms with E-state index in [1.807, 2.05) is 30.3 Å². The van der Waals surface area contributed by atoms with E-state index in [0.29, 0.717) is 5.56 Å². The van der Waals surface area contributed by atoms with Crippen LogP contribution in [-0.2, 0) is 14.3 Å². The number of carboxylic acids is 1. The minimum atomic E-state index is -1.46. The summed E-state index contributed by atoms with van der Waals surface area (Å²) in [5.74, 6) is -3.58. The van der Waals surface area contributed by atoms with E-state index in [1.165, 1.54) is 0 Å². The first-order chi connectivity index (χ1) is 10.7. The topological polar surface area (TPSA) is 89.6 Å². The van der Waals surface area contributed by atoms with Crippen molar-refractivity contribution in [1.82, 2.24) is 0 Å². The highest BCUT2D eigenvalue weighted by Gasteiger charge is 2.37. The fourth-order valence-electron chi connectivity index (χ4n) is 2.49. The Morgan fingerprint density at radius 3 is 2.30 bits per heavy atom. The smallest absolute Gasteiger partial charge is 0.322 e. The molecule has 2 aromatic carbocycles. The maximum absolute atomic E-state index is 12.3. The van der Waals surface area contributed by atoms with Crippen molar-refractivity contribution in [2.24, 2.45) is 11.7 Å². The molecule has 5 heteroatoms. The average molecular weight is 315 g/mol. The van der Waals surface area contributed by atoms with Crippen LogP contribution in [0.15, 0.2) is 42.5 Å². The fourth-order valence-corrected chi connectivity index (χ4v) is 2.49. The number of carbonyl (C=O) groups excluding carboxylic acids is 1. The Morgan fingerprint density at radius 2 is 1.70 bits per heavy atom. The molecule has 0 radical (unpaired) electrons. The molecule has 0 amide bonds. The number of ether oxygens (including phenoxy) is 1. The summed E-state index contributed by atoms with van der Waals surface area (Å²) < 4.78 is 5.22. The van der Waals surface area contributed by atoms with Gasteiger partial charge >= 0.3 is 11.9 Å². The fraction of sp³-hybridized carbons (Fsp3) is 0.333. The second-order valence-corrected chi connectivity index (χ2v) is 6.44. The Hall–Kier alpha value is -2.40. The van der Waals surface area contributed by atoms with Crippen LogP contribution in [0.25, 0.3) is 10.8 Å². The van der Waals surface area contributed by atoms with E-state index >= 15 is 0 Å². The van der Waals surface area contributed by atoms with Crippen molar-refractivity contribution in [1.29, 1.82) is 0 Å². The lowest BCUT2D eigenvalue weighted by molar-refractivity contribution is -0.167. The second kappa shape index (κ2) is 6.38. The molecule has 0 saturated heterocycles. The Kier molecular flexibility index (Phi) is 4.71. The van der Waals surface area contributed by atoms with Crippen LogP contribution in [0.1, 0.15) is 32.4 Å². The molecular formula is C18H21NO4. The van der Waals surface area contributed by atoms with Crippen LogP contribution in [0.4, 0.5) is 0 Å². The highest BCUT2D eigenvalue weighted by atomic mass is 16.6. The van der Waals surface area contributed by atoms with E-state index < -0.39 is 29.5 Å². The summed E-state index contributed by atoms with van der Waals surface area (Å²) in [5.41, 5.74) is 5.98. The van der Waals surface area contributed by atoms with Crippen molar-refractivity contribution >= 4 is 22.7 Å². The molecule has 122 valence electrons. The van der Waals surface area contributed by atoms with Gasteiger partial charge in [-0.3, -0.25) is 9.59 Å². The van der Waals surface area contributed by atoms with Gasteiger partial charge in [-0.1, -0.05) is 42.5 Å². The van der Waals surface area contributed by atoms with Crippen molar-refractivity contribution in [3.05, 3.63) is 48.0 Å². The van der Waals surface area contributed by atoms with Crippen LogP contribution in [0.5, 0.6) is 0 Å². The Bertz CT molecular complexity index is 728. The van der Waals surface area contributed by atoms with Crippen LogP contribution in [-0.4, -0.2) is 22.6 Å². The molecule has 2 atom stereocenters. The molecule has 0 spiro atoms. The first kappa shape index (κ1) is 17.0. The summed E-state index contributed by atoms with van der Waals surface area (Å²) in [5, 5.41) is 11.2. The maximum Gasteiger partial charge on any atom is 0.322 e. The van der Waals surface area contributed by atoms with Gasteiger partial charge in [0.05, 0.1) is 6.04 Å². The third-order valence-electron chi connectivity index (χ3n) is 3.47. The molecule has 0 unspecified atom stereocenters. The summed E-state index contributed by atoms with van der Waals surface area (Å²) in [6, 6.07) is 12.0. The first-order valence-corrected chi connectivity index (χ1v) is 7.39. The van der Waals surface area contributed by atoms with Gasteiger partial charge in [0.1, 0.15) is 5.60 Å². The van der Waals surface area contributed by atoms with Crippen molar-refractivity contribution in [3.63, 3.8) is 0 Å². The molecule has 3 N–H and O–H groups in total. The number of carboxylic acid groups (broad SMARTS) is 1. The lowest BCUT2D eigenvalue weighted by Gasteiger charge is -2.25. The monoisotopic (exact) mass is 315 g/mol. The predicted octanol–water partition coefficient (Wildman–Crippen LogP) is 2.88. The lowest BCUT2D eigenvalue weighted by atomic mass is 9.90. The maximum atomic E-state index is 12.3. The summed E-state index contributed by atoms with van der Waals surface area (Å²) in [6.45, 7) is 5.06. The van der Waals surface area contributed by atoms with Gasteiger partial charge in [-0.2, -0.15) is 0 Å². The van der Waals surface area contributed by atoms with Gasteiger partial charge in [0, 0.05) is 0 Å². The standard InChI is InChI=1S/C18H21NO4/c1-18(2,3)23-17(22)14(16(20)21)15(19)13-10-6-8-11-7-4-5-9-12(11)13/h4-10,14-15H,19H2,1-3H3,(H,20,21)/t14-,15-/m1/s1. The minimum Gasteiger partial charge on any atom is -0.481 e. The summed E-state index contributed by atoms with van der Waals surface area (Å²) >= 11 is 0. The van der Waals surface area contributed by atoms with E-state index in [2.05, 4.69) is 0 Å². The molecule has 0 aliphatic rings. The first-order valence-electron chi connectivity index (χ1n) is 7.39. The molecular weight excluding hydrogens is 294 g/mol. The van der Waals surface area contributed by atoms with Gasteiger partial charge in [-0.05, 0) is 37.1 Å². The SMILES string of the molecule is CC(C)(C)OC(=O)[C@@H](C(=O)O)[C@H](N)c1cccc2ccccc12. The van der Waals surface area contributed by atoms with Crippen LogP contribution in [0.2, 0.25) is 0 Å². The number of benzene rings is 2. The number of hydrogen-bond donors (Lipinski definition) is 2. The van der Waals surface area contributed by atoms with Crippen molar-refractivity contribution < 1.29 is 19.4 Å². The zero-order valence-electron chi connectivity index (χ0n) is 13.4. The normalized spacial score (nSPS) is 14.3. The van der Waals surface area contributed by atoms with Gasteiger partial charge in [0.25, 0.3) is 0 Å². The molecule has 0 aliphatic heterocycles. The number of aliphatic carboxylic acids is 1. The zero-order valence-corrected chi connectivity index (χ0v) is 13.4. The zero-order chi connectivity index (χ0) is 17.2. The van der Waals surface area contributed by atoms with Crippen molar-refractivity contribution in [3.8, 4) is 0 Å². The van der Waals surface area contributed by atoms with Crippen molar-refractivity contribution in [2.75, 3.05) is 0 Å². The highest BCUT2D eigenvalue weighted by molar-refractivity contribution is 5.96. The van der Waals surface area contributed by atoms with E-state index in [4.69, 9.17) is 10.5 Å². The Morgan fingerprint density at radius 1 is 1.09 bits per heavy atom. The van der Waals surface area contributed by atoms with Crippen molar-refractivity contribution in [2.45, 2.75) is 32.4 Å². The molecule has 2 rings (SSSR count). The van der Waals surface area contributed by atoms with E-state index in [-0.39, 0.29) is 0 Å². The molecule has 23 heavy (non-hydrogen) atoms. The molecule has 0 aromatic heterocycles. The number of hydrogen-bond acceptors (Lipinski definition) is 4. The second-order valence-electron chi connectivity index (χ2n) is 6.44. The van der Waals surface area contributed by atoms with Gasteiger partial charge in [0.15, 0.2) is 5.92 Å². The minimum absolute atomic E-state index is 0.612. The number of rotatable bonds is 4. The Balaban J connectivity index is 2.43.